The van der Waals surface area contributed by atoms with Gasteiger partial charge in [-0.3, -0.25) is 0 Å². The van der Waals surface area contributed by atoms with Crippen LogP contribution in [0.25, 0.3) is 0 Å². The topological polar surface area (TPSA) is 41.5 Å². The first-order valence-electron chi connectivity index (χ1n) is 7.42. The molecule has 2 N–H and O–H groups in total. The number of fused-ring (bicyclic) bond motifs is 1. The van der Waals surface area contributed by atoms with Crippen molar-refractivity contribution in [1.82, 2.24) is 5.32 Å². The van der Waals surface area contributed by atoms with Gasteiger partial charge in [0.25, 0.3) is 0 Å². The first kappa shape index (κ1) is 14.1. The van der Waals surface area contributed by atoms with E-state index in [9.17, 15) is 5.11 Å². The Bertz CT molecular complexity index is 612. The summed E-state index contributed by atoms with van der Waals surface area (Å²) in [5.41, 5.74) is 3.41. The van der Waals surface area contributed by atoms with Gasteiger partial charge in [-0.15, -0.1) is 0 Å². The van der Waals surface area contributed by atoms with Crippen LogP contribution in [-0.4, -0.2) is 17.8 Å². The SMILES string of the molecule is C[C@H](N[C@H]1COc2ccccc2C1)c1cccc(CO)c1. The highest BCUT2D eigenvalue weighted by Gasteiger charge is 2.21. The van der Waals surface area contributed by atoms with Crippen molar-refractivity contribution in [2.45, 2.75) is 32.0 Å². The van der Waals surface area contributed by atoms with Gasteiger partial charge in [-0.05, 0) is 36.1 Å². The fourth-order valence-corrected chi connectivity index (χ4v) is 2.85. The molecule has 0 saturated heterocycles. The monoisotopic (exact) mass is 283 g/mol. The van der Waals surface area contributed by atoms with E-state index in [2.05, 4.69) is 36.5 Å². The number of rotatable bonds is 4. The van der Waals surface area contributed by atoms with Gasteiger partial charge in [-0.1, -0.05) is 42.5 Å². The molecule has 3 rings (SSSR count). The number of hydrogen-bond donors (Lipinski definition) is 2. The van der Waals surface area contributed by atoms with Crippen molar-refractivity contribution in [3.05, 3.63) is 65.2 Å². The van der Waals surface area contributed by atoms with Crippen molar-refractivity contribution in [2.24, 2.45) is 0 Å². The lowest BCUT2D eigenvalue weighted by molar-refractivity contribution is 0.229. The summed E-state index contributed by atoms with van der Waals surface area (Å²) in [6, 6.07) is 16.8. The number of aliphatic hydroxyl groups is 1. The molecule has 0 bridgehead atoms. The molecule has 0 fully saturated rings. The van der Waals surface area contributed by atoms with Crippen molar-refractivity contribution in [3.8, 4) is 5.75 Å². The van der Waals surface area contributed by atoms with Crippen LogP contribution >= 0.6 is 0 Å². The zero-order valence-electron chi connectivity index (χ0n) is 12.3. The van der Waals surface area contributed by atoms with E-state index in [-0.39, 0.29) is 12.6 Å². The molecule has 110 valence electrons. The first-order chi connectivity index (χ1) is 10.3. The molecular formula is C18H21NO2. The quantitative estimate of drug-likeness (QED) is 0.906. The highest BCUT2D eigenvalue weighted by Crippen LogP contribution is 2.25. The van der Waals surface area contributed by atoms with Crippen LogP contribution in [0.2, 0.25) is 0 Å². The summed E-state index contributed by atoms with van der Waals surface area (Å²) in [4.78, 5) is 0. The highest BCUT2D eigenvalue weighted by atomic mass is 16.5. The number of ether oxygens (including phenoxy) is 1. The number of benzene rings is 2. The highest BCUT2D eigenvalue weighted by molar-refractivity contribution is 5.35. The van der Waals surface area contributed by atoms with E-state index in [1.807, 2.05) is 24.3 Å². The second kappa shape index (κ2) is 6.29. The molecular weight excluding hydrogens is 262 g/mol. The first-order valence-corrected chi connectivity index (χ1v) is 7.42. The second-order valence-electron chi connectivity index (χ2n) is 5.61. The summed E-state index contributed by atoms with van der Waals surface area (Å²) in [5, 5.41) is 12.9. The molecule has 3 nitrogen and oxygen atoms in total. The van der Waals surface area contributed by atoms with Gasteiger partial charge in [-0.2, -0.15) is 0 Å². The van der Waals surface area contributed by atoms with Crippen LogP contribution in [0.3, 0.4) is 0 Å². The molecule has 0 aliphatic carbocycles. The Balaban J connectivity index is 1.67. The molecule has 0 unspecified atom stereocenters. The van der Waals surface area contributed by atoms with Gasteiger partial charge in [0.2, 0.25) is 0 Å². The Labute approximate surface area is 125 Å². The summed E-state index contributed by atoms with van der Waals surface area (Å²) < 4.78 is 5.82. The van der Waals surface area contributed by atoms with Crippen molar-refractivity contribution < 1.29 is 9.84 Å². The maximum atomic E-state index is 9.23. The zero-order valence-corrected chi connectivity index (χ0v) is 12.3. The standard InChI is InChI=1S/C18H21NO2/c1-13(15-7-4-5-14(9-15)11-20)19-17-10-16-6-2-3-8-18(16)21-12-17/h2-9,13,17,19-20H,10-12H2,1H3/t13-,17+/m0/s1. The molecule has 3 heteroatoms. The summed E-state index contributed by atoms with van der Waals surface area (Å²) in [6.07, 6.45) is 0.986. The maximum absolute atomic E-state index is 9.23. The predicted molar refractivity (Wildman–Crippen MR) is 83.3 cm³/mol. The van der Waals surface area contributed by atoms with E-state index in [1.165, 1.54) is 11.1 Å². The second-order valence-corrected chi connectivity index (χ2v) is 5.61. The van der Waals surface area contributed by atoms with Crippen LogP contribution < -0.4 is 10.1 Å². The molecule has 2 aromatic carbocycles. The fraction of sp³-hybridized carbons (Fsp3) is 0.333. The molecule has 2 atom stereocenters. The van der Waals surface area contributed by atoms with Gasteiger partial charge < -0.3 is 15.2 Å². The lowest BCUT2D eigenvalue weighted by atomic mass is 10.00. The minimum absolute atomic E-state index is 0.0838. The molecule has 0 radical (unpaired) electrons. The van der Waals surface area contributed by atoms with Gasteiger partial charge in [0.05, 0.1) is 6.61 Å². The third kappa shape index (κ3) is 3.26. The fourth-order valence-electron chi connectivity index (χ4n) is 2.85. The third-order valence-electron chi connectivity index (χ3n) is 4.00. The Kier molecular flexibility index (Phi) is 4.23. The van der Waals surface area contributed by atoms with Gasteiger partial charge in [0.1, 0.15) is 12.4 Å². The predicted octanol–water partition coefficient (Wildman–Crippen LogP) is 2.83. The largest absolute Gasteiger partial charge is 0.492 e. The molecule has 0 saturated carbocycles. The Morgan fingerprint density at radius 2 is 2.10 bits per heavy atom. The van der Waals surface area contributed by atoms with Crippen molar-refractivity contribution in [2.75, 3.05) is 6.61 Å². The summed E-state index contributed by atoms with van der Waals surface area (Å²) >= 11 is 0. The Morgan fingerprint density at radius 3 is 2.95 bits per heavy atom. The number of aliphatic hydroxyl groups excluding tert-OH is 1. The molecule has 0 spiro atoms. The molecule has 0 aromatic heterocycles. The van der Waals surface area contributed by atoms with E-state index in [4.69, 9.17) is 4.74 Å². The summed E-state index contributed by atoms with van der Waals surface area (Å²) in [6.45, 7) is 2.93. The Hall–Kier alpha value is -1.84. The lowest BCUT2D eigenvalue weighted by Gasteiger charge is -2.29. The third-order valence-corrected chi connectivity index (χ3v) is 4.00. The number of para-hydroxylation sites is 1. The van der Waals surface area contributed by atoms with Gasteiger partial charge in [0.15, 0.2) is 0 Å². The number of nitrogens with one attached hydrogen (secondary N) is 1. The van der Waals surface area contributed by atoms with Crippen molar-refractivity contribution in [3.63, 3.8) is 0 Å². The van der Waals surface area contributed by atoms with Crippen LogP contribution in [0.4, 0.5) is 0 Å². The molecule has 1 aliphatic rings. The molecule has 0 amide bonds. The van der Waals surface area contributed by atoms with E-state index in [1.54, 1.807) is 0 Å². The summed E-state index contributed by atoms with van der Waals surface area (Å²) in [5.74, 6) is 1.01. The van der Waals surface area contributed by atoms with E-state index >= 15 is 0 Å². The molecule has 1 heterocycles. The maximum Gasteiger partial charge on any atom is 0.122 e. The lowest BCUT2D eigenvalue weighted by Crippen LogP contribution is -2.40. The molecule has 2 aromatic rings. The smallest absolute Gasteiger partial charge is 0.122 e. The van der Waals surface area contributed by atoms with E-state index in [0.29, 0.717) is 12.6 Å². The minimum Gasteiger partial charge on any atom is -0.492 e. The Morgan fingerprint density at radius 1 is 1.24 bits per heavy atom. The van der Waals surface area contributed by atoms with Crippen LogP contribution in [-0.2, 0) is 13.0 Å². The molecule has 21 heavy (non-hydrogen) atoms. The average molecular weight is 283 g/mol. The number of hydrogen-bond acceptors (Lipinski definition) is 3. The molecule has 1 aliphatic heterocycles. The van der Waals surface area contributed by atoms with Crippen LogP contribution in [0.1, 0.15) is 29.7 Å². The van der Waals surface area contributed by atoms with Crippen molar-refractivity contribution >= 4 is 0 Å². The van der Waals surface area contributed by atoms with Gasteiger partial charge >= 0.3 is 0 Å². The van der Waals surface area contributed by atoms with E-state index < -0.39 is 0 Å². The van der Waals surface area contributed by atoms with Crippen LogP contribution in [0, 0.1) is 0 Å². The normalized spacial score (nSPS) is 18.7. The van der Waals surface area contributed by atoms with E-state index in [0.717, 1.165) is 17.7 Å². The minimum atomic E-state index is 0.0838. The van der Waals surface area contributed by atoms with Crippen molar-refractivity contribution in [1.29, 1.82) is 0 Å². The van der Waals surface area contributed by atoms with Gasteiger partial charge in [0, 0.05) is 12.1 Å². The zero-order chi connectivity index (χ0) is 14.7. The van der Waals surface area contributed by atoms with Crippen LogP contribution in [0.15, 0.2) is 48.5 Å². The van der Waals surface area contributed by atoms with Crippen LogP contribution in [0.5, 0.6) is 5.75 Å². The van der Waals surface area contributed by atoms with Gasteiger partial charge in [-0.25, -0.2) is 0 Å². The summed E-state index contributed by atoms with van der Waals surface area (Å²) in [7, 11) is 0. The average Bonchev–Trinajstić information content (AvgIpc) is 2.54.